The third kappa shape index (κ3) is 2.93. The summed E-state index contributed by atoms with van der Waals surface area (Å²) in [5.41, 5.74) is 0.820. The minimum Gasteiger partial charge on any atom is -0.364 e. The minimum absolute atomic E-state index is 0.136. The van der Waals surface area contributed by atoms with Crippen molar-refractivity contribution in [2.75, 3.05) is 23.3 Å². The molecule has 1 fully saturated rings. The van der Waals surface area contributed by atoms with Crippen LogP contribution in [0.3, 0.4) is 0 Å². The van der Waals surface area contributed by atoms with Crippen molar-refractivity contribution in [3.05, 3.63) is 36.5 Å². The molecule has 1 aliphatic heterocycles. The average molecular weight is 359 g/mol. The monoisotopic (exact) mass is 359 g/mol. The van der Waals surface area contributed by atoms with Gasteiger partial charge in [0.1, 0.15) is 12.1 Å². The van der Waals surface area contributed by atoms with Crippen LogP contribution in [0, 0.1) is 0 Å². The molecular weight excluding hydrogens is 340 g/mol. The molecule has 0 radical (unpaired) electrons. The maximum atomic E-state index is 13.3. The Hall–Kier alpha value is -2.84. The number of aryl methyl sites for hydroxylation is 1. The molecule has 1 saturated heterocycles. The Kier molecular flexibility index (Phi) is 4.36. The van der Waals surface area contributed by atoms with Gasteiger partial charge in [-0.15, -0.1) is 0 Å². The summed E-state index contributed by atoms with van der Waals surface area (Å²) in [6.45, 7) is 3.81. The van der Waals surface area contributed by atoms with Crippen molar-refractivity contribution in [2.45, 2.75) is 32.4 Å². The van der Waals surface area contributed by atoms with Crippen LogP contribution in [0.2, 0.25) is 0 Å². The summed E-state index contributed by atoms with van der Waals surface area (Å²) in [4.78, 5) is 19.0. The van der Waals surface area contributed by atoms with Crippen LogP contribution in [-0.2, 0) is 6.54 Å². The second-order valence-corrected chi connectivity index (χ2v) is 6.17. The summed E-state index contributed by atoms with van der Waals surface area (Å²) in [6, 6.07) is 5.96. The number of pyridine rings is 1. The first-order valence-electron chi connectivity index (χ1n) is 8.59. The number of anilines is 2. The van der Waals surface area contributed by atoms with E-state index in [1.165, 1.54) is 10.9 Å². The van der Waals surface area contributed by atoms with E-state index >= 15 is 0 Å². The van der Waals surface area contributed by atoms with Crippen molar-refractivity contribution < 1.29 is 8.78 Å². The van der Waals surface area contributed by atoms with Gasteiger partial charge in [0, 0.05) is 31.9 Å². The van der Waals surface area contributed by atoms with E-state index in [-0.39, 0.29) is 11.9 Å². The third-order valence-electron chi connectivity index (χ3n) is 4.58. The Labute approximate surface area is 149 Å². The smallest absolute Gasteiger partial charge is 0.295 e. The van der Waals surface area contributed by atoms with Crippen LogP contribution in [0.15, 0.2) is 30.7 Å². The molecule has 136 valence electrons. The van der Waals surface area contributed by atoms with E-state index in [4.69, 9.17) is 0 Å². The molecule has 3 aromatic heterocycles. The number of imidazole rings is 1. The summed E-state index contributed by atoms with van der Waals surface area (Å²) in [7, 11) is 0. The number of hydrogen-bond donors (Lipinski definition) is 1. The van der Waals surface area contributed by atoms with Crippen LogP contribution in [-0.4, -0.2) is 43.6 Å². The average Bonchev–Trinajstić information content (AvgIpc) is 3.27. The van der Waals surface area contributed by atoms with Crippen molar-refractivity contribution in [2.24, 2.45) is 0 Å². The van der Waals surface area contributed by atoms with Crippen LogP contribution in [0.4, 0.5) is 20.4 Å². The Morgan fingerprint density at radius 1 is 1.27 bits per heavy atom. The topological polar surface area (TPSA) is 71.8 Å². The SMILES string of the molecule is CCn1c(C(F)F)nc2c(NC3CCN(c4ccccn4)C3)ncnc21. The van der Waals surface area contributed by atoms with Gasteiger partial charge in [0.2, 0.25) is 0 Å². The van der Waals surface area contributed by atoms with E-state index in [1.54, 1.807) is 13.1 Å². The maximum absolute atomic E-state index is 13.3. The quantitative estimate of drug-likeness (QED) is 0.755. The lowest BCUT2D eigenvalue weighted by molar-refractivity contribution is 0.136. The van der Waals surface area contributed by atoms with E-state index in [2.05, 4.69) is 30.2 Å². The van der Waals surface area contributed by atoms with Crippen LogP contribution >= 0.6 is 0 Å². The van der Waals surface area contributed by atoms with Gasteiger partial charge in [-0.1, -0.05) is 6.07 Å². The number of aromatic nitrogens is 5. The number of nitrogens with zero attached hydrogens (tertiary/aromatic N) is 6. The van der Waals surface area contributed by atoms with Crippen LogP contribution in [0.25, 0.3) is 11.2 Å². The van der Waals surface area contributed by atoms with E-state index < -0.39 is 6.43 Å². The molecule has 0 spiro atoms. The molecule has 4 heterocycles. The number of halogens is 2. The Morgan fingerprint density at radius 2 is 2.15 bits per heavy atom. The Morgan fingerprint density at radius 3 is 2.88 bits per heavy atom. The molecular formula is C17H19F2N7. The van der Waals surface area contributed by atoms with Gasteiger partial charge in [0.05, 0.1) is 0 Å². The third-order valence-corrected chi connectivity index (χ3v) is 4.58. The van der Waals surface area contributed by atoms with E-state index in [0.717, 1.165) is 25.3 Å². The zero-order chi connectivity index (χ0) is 18.1. The molecule has 1 unspecified atom stereocenters. The number of fused-ring (bicyclic) bond motifs is 1. The first-order chi connectivity index (χ1) is 12.7. The zero-order valence-corrected chi connectivity index (χ0v) is 14.3. The summed E-state index contributed by atoms with van der Waals surface area (Å²) in [5, 5.41) is 3.35. The van der Waals surface area contributed by atoms with Crippen molar-refractivity contribution in [3.8, 4) is 0 Å². The fraction of sp³-hybridized carbons (Fsp3) is 0.412. The van der Waals surface area contributed by atoms with Crippen LogP contribution < -0.4 is 10.2 Å². The molecule has 4 rings (SSSR count). The van der Waals surface area contributed by atoms with Gasteiger partial charge in [0.25, 0.3) is 6.43 Å². The van der Waals surface area contributed by atoms with Crippen molar-refractivity contribution in [1.82, 2.24) is 24.5 Å². The highest BCUT2D eigenvalue weighted by atomic mass is 19.3. The van der Waals surface area contributed by atoms with E-state index in [0.29, 0.717) is 23.5 Å². The van der Waals surface area contributed by atoms with Gasteiger partial charge in [0.15, 0.2) is 22.8 Å². The molecule has 9 heteroatoms. The number of nitrogens with one attached hydrogen (secondary N) is 1. The second kappa shape index (κ2) is 6.81. The maximum Gasteiger partial charge on any atom is 0.295 e. The fourth-order valence-corrected chi connectivity index (χ4v) is 3.36. The van der Waals surface area contributed by atoms with E-state index in [9.17, 15) is 8.78 Å². The predicted molar refractivity (Wildman–Crippen MR) is 94.4 cm³/mol. The lowest BCUT2D eigenvalue weighted by atomic mass is 10.2. The van der Waals surface area contributed by atoms with Crippen molar-refractivity contribution in [1.29, 1.82) is 0 Å². The molecule has 26 heavy (non-hydrogen) atoms. The first-order valence-corrected chi connectivity index (χ1v) is 8.59. The van der Waals surface area contributed by atoms with Crippen molar-refractivity contribution >= 4 is 22.8 Å². The number of rotatable bonds is 5. The molecule has 1 atom stereocenters. The van der Waals surface area contributed by atoms with Crippen LogP contribution in [0.1, 0.15) is 25.6 Å². The molecule has 0 saturated carbocycles. The summed E-state index contributed by atoms with van der Waals surface area (Å²) < 4.78 is 28.0. The molecule has 1 aliphatic rings. The molecule has 1 N–H and O–H groups in total. The molecule has 3 aromatic rings. The summed E-state index contributed by atoms with van der Waals surface area (Å²) >= 11 is 0. The van der Waals surface area contributed by atoms with Crippen LogP contribution in [0.5, 0.6) is 0 Å². The molecule has 0 amide bonds. The van der Waals surface area contributed by atoms with Gasteiger partial charge in [-0.25, -0.2) is 28.7 Å². The predicted octanol–water partition coefficient (Wildman–Crippen LogP) is 2.87. The molecule has 7 nitrogen and oxygen atoms in total. The first kappa shape index (κ1) is 16.6. The highest BCUT2D eigenvalue weighted by Gasteiger charge is 2.26. The minimum atomic E-state index is -2.65. The number of alkyl halides is 2. The molecule has 0 aliphatic carbocycles. The highest BCUT2D eigenvalue weighted by Crippen LogP contribution is 2.27. The zero-order valence-electron chi connectivity index (χ0n) is 14.3. The van der Waals surface area contributed by atoms with Crippen molar-refractivity contribution in [3.63, 3.8) is 0 Å². The lowest BCUT2D eigenvalue weighted by Crippen LogP contribution is -2.27. The van der Waals surface area contributed by atoms with E-state index in [1.807, 2.05) is 18.2 Å². The Bertz CT molecular complexity index is 897. The lowest BCUT2D eigenvalue weighted by Gasteiger charge is -2.18. The second-order valence-electron chi connectivity index (χ2n) is 6.17. The summed E-state index contributed by atoms with van der Waals surface area (Å²) in [6.07, 6.45) is 1.41. The standard InChI is InChI=1S/C17H19F2N7/c1-2-26-16-13(24-17(26)14(18)19)15(21-10-22-16)23-11-6-8-25(9-11)12-5-3-4-7-20-12/h3-5,7,10-11,14H,2,6,8-9H2,1H3,(H,21,22,23). The van der Waals surface area contributed by atoms with Gasteiger partial charge in [-0.2, -0.15) is 0 Å². The van der Waals surface area contributed by atoms with Gasteiger partial charge in [-0.05, 0) is 25.5 Å². The number of hydrogen-bond acceptors (Lipinski definition) is 6. The normalized spacial score (nSPS) is 17.4. The molecule has 0 aromatic carbocycles. The largest absolute Gasteiger partial charge is 0.364 e. The summed E-state index contributed by atoms with van der Waals surface area (Å²) in [5.74, 6) is 1.16. The Balaban J connectivity index is 1.58. The van der Waals surface area contributed by atoms with Gasteiger partial charge < -0.3 is 14.8 Å². The fourth-order valence-electron chi connectivity index (χ4n) is 3.36. The van der Waals surface area contributed by atoms with Gasteiger partial charge >= 0.3 is 0 Å². The molecule has 0 bridgehead atoms. The van der Waals surface area contributed by atoms with Gasteiger partial charge in [-0.3, -0.25) is 0 Å². The highest BCUT2D eigenvalue weighted by molar-refractivity contribution is 5.83.